The molecule has 96 valence electrons. The van der Waals surface area contributed by atoms with E-state index in [9.17, 15) is 0 Å². The molecule has 1 nitrogen and oxygen atoms in total. The summed E-state index contributed by atoms with van der Waals surface area (Å²) in [5.41, 5.74) is 2.41. The first-order valence-electron chi connectivity index (χ1n) is 6.64. The maximum atomic E-state index is 5.52. The molecule has 0 saturated carbocycles. The molecule has 0 aromatic heterocycles. The number of hydrogen-bond acceptors (Lipinski definition) is 1. The lowest BCUT2D eigenvalue weighted by atomic mass is 10.1. The largest absolute Gasteiger partial charge is 0.481 e. The molecule has 0 spiro atoms. The fourth-order valence-corrected chi connectivity index (χ4v) is 1.82. The van der Waals surface area contributed by atoms with Crippen molar-refractivity contribution in [1.82, 2.24) is 0 Å². The molecule has 0 unspecified atom stereocenters. The summed E-state index contributed by atoms with van der Waals surface area (Å²) in [7, 11) is 0. The first-order chi connectivity index (χ1) is 9.38. The van der Waals surface area contributed by atoms with Crippen LogP contribution in [-0.4, -0.2) is 6.61 Å². The molecule has 2 aromatic carbocycles. The van der Waals surface area contributed by atoms with E-state index in [-0.39, 0.29) is 0 Å². The van der Waals surface area contributed by atoms with E-state index in [2.05, 4.69) is 43.0 Å². The van der Waals surface area contributed by atoms with Crippen molar-refractivity contribution in [2.45, 2.75) is 19.8 Å². The molecule has 0 amide bonds. The summed E-state index contributed by atoms with van der Waals surface area (Å²) < 4.78 is 5.52. The van der Waals surface area contributed by atoms with Gasteiger partial charge in [-0.25, -0.2) is 0 Å². The van der Waals surface area contributed by atoms with Crippen LogP contribution in [0.5, 0.6) is 5.75 Å². The Morgan fingerprint density at radius 2 is 1.68 bits per heavy atom. The van der Waals surface area contributed by atoms with E-state index in [1.165, 1.54) is 12.0 Å². The molecular formula is C18H18O. The quantitative estimate of drug-likeness (QED) is 0.743. The maximum absolute atomic E-state index is 5.52. The Labute approximate surface area is 115 Å². The highest BCUT2D eigenvalue weighted by atomic mass is 16.5. The van der Waals surface area contributed by atoms with Crippen molar-refractivity contribution in [3.63, 3.8) is 0 Å². The second kappa shape index (κ2) is 7.28. The predicted molar refractivity (Wildman–Crippen MR) is 79.3 cm³/mol. The Bertz CT molecular complexity index is 544. The number of aryl methyl sites for hydroxylation is 1. The van der Waals surface area contributed by atoms with Crippen molar-refractivity contribution in [2.75, 3.05) is 6.61 Å². The predicted octanol–water partition coefficient (Wildman–Crippen LogP) is 4.07. The van der Waals surface area contributed by atoms with Crippen molar-refractivity contribution in [1.29, 1.82) is 0 Å². The van der Waals surface area contributed by atoms with E-state index in [1.807, 2.05) is 30.3 Å². The standard InChI is InChI=1S/C18H18O/c1-2-7-16-11-13-17(14-12-16)8-6-15-19-18-9-4-3-5-10-18/h3-5,9-14H,2,7,15H2,1H3. The van der Waals surface area contributed by atoms with Gasteiger partial charge in [-0.1, -0.05) is 55.5 Å². The van der Waals surface area contributed by atoms with Crippen molar-refractivity contribution in [2.24, 2.45) is 0 Å². The highest BCUT2D eigenvalue weighted by molar-refractivity contribution is 5.36. The van der Waals surface area contributed by atoms with E-state index < -0.39 is 0 Å². The highest BCUT2D eigenvalue weighted by Gasteiger charge is 1.91. The molecule has 0 N–H and O–H groups in total. The maximum Gasteiger partial charge on any atom is 0.149 e. The van der Waals surface area contributed by atoms with E-state index in [1.54, 1.807) is 0 Å². The second-order valence-electron chi connectivity index (χ2n) is 4.35. The molecule has 0 fully saturated rings. The van der Waals surface area contributed by atoms with Crippen LogP contribution in [0.15, 0.2) is 54.6 Å². The normalized spacial score (nSPS) is 9.53. The zero-order chi connectivity index (χ0) is 13.3. The molecule has 0 aliphatic heterocycles. The van der Waals surface area contributed by atoms with Crippen LogP contribution in [0.25, 0.3) is 0 Å². The monoisotopic (exact) mass is 250 g/mol. The molecular weight excluding hydrogens is 232 g/mol. The summed E-state index contributed by atoms with van der Waals surface area (Å²) in [4.78, 5) is 0. The number of rotatable bonds is 4. The fraction of sp³-hybridized carbons (Fsp3) is 0.222. The van der Waals surface area contributed by atoms with Gasteiger partial charge in [0.05, 0.1) is 0 Å². The van der Waals surface area contributed by atoms with Gasteiger partial charge >= 0.3 is 0 Å². The van der Waals surface area contributed by atoms with E-state index in [0.29, 0.717) is 6.61 Å². The Morgan fingerprint density at radius 1 is 0.947 bits per heavy atom. The van der Waals surface area contributed by atoms with Gasteiger partial charge in [0.15, 0.2) is 0 Å². The van der Waals surface area contributed by atoms with Crippen LogP contribution in [0.4, 0.5) is 0 Å². The van der Waals surface area contributed by atoms with Crippen LogP contribution in [0, 0.1) is 11.8 Å². The van der Waals surface area contributed by atoms with Gasteiger partial charge in [0, 0.05) is 5.56 Å². The molecule has 19 heavy (non-hydrogen) atoms. The summed E-state index contributed by atoms with van der Waals surface area (Å²) >= 11 is 0. The average molecular weight is 250 g/mol. The summed E-state index contributed by atoms with van der Waals surface area (Å²) in [5, 5.41) is 0. The molecule has 0 saturated heterocycles. The zero-order valence-electron chi connectivity index (χ0n) is 11.2. The molecule has 2 aromatic rings. The van der Waals surface area contributed by atoms with E-state index >= 15 is 0 Å². The third kappa shape index (κ3) is 4.52. The smallest absolute Gasteiger partial charge is 0.149 e. The molecule has 0 heterocycles. The minimum Gasteiger partial charge on any atom is -0.481 e. The van der Waals surface area contributed by atoms with Gasteiger partial charge in [-0.3, -0.25) is 0 Å². The number of ether oxygens (including phenoxy) is 1. The number of hydrogen-bond donors (Lipinski definition) is 0. The van der Waals surface area contributed by atoms with Gasteiger partial charge in [-0.15, -0.1) is 0 Å². The van der Waals surface area contributed by atoms with Crippen LogP contribution in [-0.2, 0) is 6.42 Å². The Balaban J connectivity index is 1.86. The van der Waals surface area contributed by atoms with Crippen LogP contribution >= 0.6 is 0 Å². The van der Waals surface area contributed by atoms with Crippen LogP contribution in [0.2, 0.25) is 0 Å². The van der Waals surface area contributed by atoms with Crippen molar-refractivity contribution in [3.8, 4) is 17.6 Å². The summed E-state index contributed by atoms with van der Waals surface area (Å²) in [6.45, 7) is 2.61. The number of para-hydroxylation sites is 1. The number of benzene rings is 2. The zero-order valence-corrected chi connectivity index (χ0v) is 11.2. The first-order valence-corrected chi connectivity index (χ1v) is 6.64. The Kier molecular flexibility index (Phi) is 5.07. The lowest BCUT2D eigenvalue weighted by Crippen LogP contribution is -1.93. The van der Waals surface area contributed by atoms with Gasteiger partial charge in [0.2, 0.25) is 0 Å². The van der Waals surface area contributed by atoms with Crippen molar-refractivity contribution >= 4 is 0 Å². The highest BCUT2D eigenvalue weighted by Crippen LogP contribution is 2.08. The van der Waals surface area contributed by atoms with Crippen molar-refractivity contribution in [3.05, 3.63) is 65.7 Å². The fourth-order valence-electron chi connectivity index (χ4n) is 1.82. The topological polar surface area (TPSA) is 9.23 Å². The molecule has 0 aliphatic rings. The third-order valence-electron chi connectivity index (χ3n) is 2.78. The molecule has 0 atom stereocenters. The molecule has 0 aliphatic carbocycles. The Hall–Kier alpha value is -2.20. The van der Waals surface area contributed by atoms with Gasteiger partial charge in [0.1, 0.15) is 12.4 Å². The molecule has 0 radical (unpaired) electrons. The van der Waals surface area contributed by atoms with Gasteiger partial charge in [-0.2, -0.15) is 0 Å². The van der Waals surface area contributed by atoms with Crippen molar-refractivity contribution < 1.29 is 4.74 Å². The minimum atomic E-state index is 0.417. The molecule has 1 heteroatoms. The van der Waals surface area contributed by atoms with E-state index in [0.717, 1.165) is 17.7 Å². The lowest BCUT2D eigenvalue weighted by molar-refractivity contribution is 0.370. The minimum absolute atomic E-state index is 0.417. The molecule has 0 bridgehead atoms. The summed E-state index contributed by atoms with van der Waals surface area (Å²) in [6.07, 6.45) is 2.31. The SMILES string of the molecule is CCCc1ccc(C#CCOc2ccccc2)cc1. The van der Waals surface area contributed by atoms with Gasteiger partial charge < -0.3 is 4.74 Å². The summed E-state index contributed by atoms with van der Waals surface area (Å²) in [5.74, 6) is 7.00. The first kappa shape index (κ1) is 13.2. The van der Waals surface area contributed by atoms with Crippen LogP contribution in [0.1, 0.15) is 24.5 Å². The van der Waals surface area contributed by atoms with Crippen LogP contribution in [0.3, 0.4) is 0 Å². The lowest BCUT2D eigenvalue weighted by Gasteiger charge is -2.00. The van der Waals surface area contributed by atoms with E-state index in [4.69, 9.17) is 4.74 Å². The van der Waals surface area contributed by atoms with Gasteiger partial charge in [0.25, 0.3) is 0 Å². The van der Waals surface area contributed by atoms with Gasteiger partial charge in [-0.05, 0) is 36.2 Å². The summed E-state index contributed by atoms with van der Waals surface area (Å²) in [6, 6.07) is 18.2. The Morgan fingerprint density at radius 3 is 2.37 bits per heavy atom. The average Bonchev–Trinajstić information content (AvgIpc) is 2.47. The molecule has 2 rings (SSSR count). The van der Waals surface area contributed by atoms with Crippen LogP contribution < -0.4 is 4.74 Å². The second-order valence-corrected chi connectivity index (χ2v) is 4.35. The third-order valence-corrected chi connectivity index (χ3v) is 2.78.